The molecule has 0 radical (unpaired) electrons. The summed E-state index contributed by atoms with van der Waals surface area (Å²) >= 11 is 0. The number of hydrogen-bond acceptors (Lipinski definition) is 25. The van der Waals surface area contributed by atoms with Crippen molar-refractivity contribution in [2.24, 2.45) is 17.4 Å². The number of fused-ring (bicyclic) bond motifs is 2. The van der Waals surface area contributed by atoms with Crippen molar-refractivity contribution >= 4 is 129 Å². The Balaban J connectivity index is 1.30. The number of unbranched alkanes of at least 4 members (excludes halogenated alkanes) is 1. The number of carboxylic acids is 5. The van der Waals surface area contributed by atoms with Crippen LogP contribution in [0.25, 0.3) is 10.9 Å². The van der Waals surface area contributed by atoms with Crippen molar-refractivity contribution in [2.45, 2.75) is 203 Å². The number of hydrogen-bond donors (Lipinski definition) is 25. The number of rotatable bonds is 32. The molecule has 5 heterocycles. The number of nitrogens with zero attached hydrogens (tertiary/aromatic N) is 6. The molecule has 3 aliphatic rings. The van der Waals surface area contributed by atoms with Crippen LogP contribution in [0.3, 0.4) is 0 Å². The maximum absolute atomic E-state index is 15.3. The fourth-order valence-corrected chi connectivity index (χ4v) is 15.8. The highest BCUT2D eigenvalue weighted by Crippen LogP contribution is 2.23. The van der Waals surface area contributed by atoms with Crippen LogP contribution >= 0.6 is 0 Å². The van der Waals surface area contributed by atoms with Crippen molar-refractivity contribution in [3.05, 3.63) is 90.1 Å². The second-order valence-corrected chi connectivity index (χ2v) is 34.1. The van der Waals surface area contributed by atoms with Gasteiger partial charge in [-0.25, -0.2) is 4.98 Å². The second kappa shape index (κ2) is 56.3. The zero-order valence-corrected chi connectivity index (χ0v) is 76.5. The Kier molecular flexibility index (Phi) is 45.1. The number of nitrogens with two attached hydrogens (primary N) is 2. The summed E-state index contributed by atoms with van der Waals surface area (Å²) in [5.74, 6) is -20.9. The molecule has 0 bridgehead atoms. The maximum atomic E-state index is 15.3. The number of para-hydroxylation sites is 1. The van der Waals surface area contributed by atoms with E-state index in [0.717, 1.165) is 0 Å². The molecule has 3 aliphatic heterocycles. The van der Waals surface area contributed by atoms with E-state index in [1.165, 1.54) is 32.1 Å². The summed E-state index contributed by atoms with van der Waals surface area (Å²) in [7, 11) is 0. The van der Waals surface area contributed by atoms with Gasteiger partial charge in [0.25, 0.3) is 0 Å². The average Bonchev–Trinajstić information content (AvgIpc) is 1.76. The minimum Gasteiger partial charge on any atom is -0.481 e. The molecule has 2 aromatic carbocycles. The van der Waals surface area contributed by atoms with Crippen LogP contribution in [0.15, 0.2) is 73.3 Å². The first-order chi connectivity index (χ1) is 64.8. The van der Waals surface area contributed by atoms with E-state index in [2.05, 4.69) is 89.4 Å². The lowest BCUT2D eigenvalue weighted by Crippen LogP contribution is -2.61. The van der Waals surface area contributed by atoms with E-state index in [9.17, 15) is 83.1 Å². The topological polar surface area (TPSA) is 737 Å². The minimum atomic E-state index is -1.83. The number of carboxylic acid groups (broad SMARTS) is 5. The van der Waals surface area contributed by atoms with Crippen LogP contribution in [0.5, 0.6) is 0 Å². The molecule has 13 amide bonds. The number of aromatic amines is 2. The number of carbonyl (C=O) groups is 18. The number of nitrogens with one attached hydrogen (secondary N) is 18. The lowest BCUT2D eigenvalue weighted by molar-refractivity contribution is -0.143. The van der Waals surface area contributed by atoms with Crippen LogP contribution in [0.2, 0.25) is 0 Å². The van der Waals surface area contributed by atoms with E-state index in [1.54, 1.807) is 86.5 Å². The molecular formula is C87H130N26O23. The number of carbonyl (C=O) groups excluding carboxylic acids is 13. The molecule has 4 aromatic rings. The molecule has 0 saturated carbocycles. The van der Waals surface area contributed by atoms with Gasteiger partial charge in [0, 0.05) is 133 Å². The van der Waals surface area contributed by atoms with Gasteiger partial charge in [0.15, 0.2) is 11.9 Å². The van der Waals surface area contributed by atoms with Crippen LogP contribution in [-0.2, 0) is 106 Å². The molecule has 27 N–H and O–H groups in total. The Morgan fingerprint density at radius 2 is 0.971 bits per heavy atom. The van der Waals surface area contributed by atoms with Crippen molar-refractivity contribution < 1.29 is 112 Å². The largest absolute Gasteiger partial charge is 0.481 e. The highest BCUT2D eigenvalue weighted by Gasteiger charge is 2.42. The Labute approximate surface area is 784 Å². The molecule has 746 valence electrons. The van der Waals surface area contributed by atoms with E-state index >= 15 is 28.8 Å². The predicted octanol–water partition coefficient (Wildman–Crippen LogP) is -5.64. The van der Waals surface area contributed by atoms with Crippen molar-refractivity contribution in [3.63, 3.8) is 0 Å². The molecule has 7 rings (SSSR count). The fourth-order valence-electron chi connectivity index (χ4n) is 15.8. The Morgan fingerprint density at radius 3 is 1.50 bits per heavy atom. The quantitative estimate of drug-likeness (QED) is 0.0123. The maximum Gasteiger partial charge on any atom is 0.317 e. The van der Waals surface area contributed by atoms with Crippen molar-refractivity contribution in [1.29, 1.82) is 10.8 Å². The van der Waals surface area contributed by atoms with E-state index in [0.29, 0.717) is 28.5 Å². The van der Waals surface area contributed by atoms with Gasteiger partial charge in [-0.05, 0) is 93.7 Å². The van der Waals surface area contributed by atoms with E-state index < -0.39 is 249 Å². The van der Waals surface area contributed by atoms with E-state index in [-0.39, 0.29) is 168 Å². The first kappa shape index (κ1) is 109. The number of aliphatic carboxylic acids is 5. The molecule has 49 nitrogen and oxygen atoms in total. The van der Waals surface area contributed by atoms with Crippen LogP contribution in [0.4, 0.5) is 0 Å². The zero-order valence-electron chi connectivity index (χ0n) is 76.5. The van der Waals surface area contributed by atoms with E-state index in [4.69, 9.17) is 22.3 Å². The number of imidazole rings is 1. The Morgan fingerprint density at radius 1 is 0.478 bits per heavy atom. The number of H-pyrrole nitrogens is 2. The summed E-state index contributed by atoms with van der Waals surface area (Å²) in [6, 6.07) is -2.34. The van der Waals surface area contributed by atoms with Gasteiger partial charge in [0.05, 0.1) is 45.5 Å². The molecule has 0 spiro atoms. The average molecular weight is 1910 g/mol. The van der Waals surface area contributed by atoms with Gasteiger partial charge in [0.2, 0.25) is 76.8 Å². The van der Waals surface area contributed by atoms with E-state index in [1.807, 2.05) is 0 Å². The molecule has 3 fully saturated rings. The SMILES string of the molecule is CCCC[C@@H]1NC(=O)[C@@H](NC(=O)CN2CCN(CC(=O)O)CCN(CC(=O)O)CCN(CC(=O)O)CC2)CCCCNC(=O)[C@@H](CC(=O)O)NC(=O)[C@H](C(C)C)NC(=O)[C@@H]2CCCN2C(=O)[C@H](CCCNC(=N)N)NC(=O)CNC(=O)[C@H](Cc2c[nH]c3ccccc23)NC(=O)[C@H](CCCNC(=N)N)NC(=O)[C@H](Cc2ccccc2)NC(=O)[C@H](Cc2cnc[nH]2)NC(=O)[C@H](CCC(=O)O)NC1=O. The molecule has 11 atom stereocenters. The summed E-state index contributed by atoms with van der Waals surface area (Å²) in [4.78, 5) is 272. The monoisotopic (exact) mass is 1910 g/mol. The number of amides is 13. The second-order valence-electron chi connectivity index (χ2n) is 34.1. The van der Waals surface area contributed by atoms with Gasteiger partial charge in [-0.2, -0.15) is 0 Å². The van der Waals surface area contributed by atoms with Crippen LogP contribution in [0, 0.1) is 16.7 Å². The summed E-state index contributed by atoms with van der Waals surface area (Å²) in [6.07, 6.45) is 0.835. The standard InChI is InChI=1S/C87H130N26O23/c1-4-5-19-58-78(129)103-60(25-26-69(116)117)80(131)106-64(41-54-44-92-50-98-54)82(133)104-62(39-52-16-7-6-8-17-52)81(132)102-59(22-13-28-94-86(88)89)79(130)105-63(40-53-43-96-56-20-10-9-18-55(53)56)76(127)97-45-67(114)100-61(23-14-29-95-87(90)91)85(136)113-30-15-24-66(113)83(134)108-74(51(2)3)84(135)107-65(42-70(118)119)75(126)93-27-12-11-21-57(77(128)101-58)99-68(115)46-109-31-33-110(47-71(120)121)35-37-112(49-73(124)125)38-36-111(34-32-109)48-72(122)123/h6-10,16-18,20,43-44,50-51,57-66,74,96H,4-5,11-15,19,21-42,45-49H2,1-3H3,(H,92,98)(H,93,126)(H,97,127)(H,99,115)(H,100,114)(H,101,128)(H,102,132)(H,103,129)(H,104,133)(H,105,130)(H,106,131)(H,107,135)(H,108,134)(H,116,117)(H,118,119)(H,120,121)(H,122,123)(H,124,125)(H4,88,89,94)(H4,90,91,95)/t57-,58-,59-,60-,61-,62-,63-,64-,65+,66-,74-/m0/s1. The third kappa shape index (κ3) is 38.2. The van der Waals surface area contributed by atoms with Crippen LogP contribution in [-0.4, -0.2) is 361 Å². The van der Waals surface area contributed by atoms with Gasteiger partial charge in [-0.15, -0.1) is 0 Å². The Bertz CT molecular complexity index is 4740. The third-order valence-electron chi connectivity index (χ3n) is 23.0. The number of aromatic nitrogens is 3. The highest BCUT2D eigenvalue weighted by molar-refractivity contribution is 6.01. The lowest BCUT2D eigenvalue weighted by atomic mass is 10.0. The first-order valence-corrected chi connectivity index (χ1v) is 45.4. The van der Waals surface area contributed by atoms with Gasteiger partial charge >= 0.3 is 29.8 Å². The summed E-state index contributed by atoms with van der Waals surface area (Å²) < 4.78 is 0. The molecule has 136 heavy (non-hydrogen) atoms. The molecule has 0 aliphatic carbocycles. The molecule has 2 aromatic heterocycles. The van der Waals surface area contributed by atoms with Crippen LogP contribution < -0.4 is 85.9 Å². The lowest BCUT2D eigenvalue weighted by Gasteiger charge is -2.33. The normalized spacial score (nSPS) is 23.0. The van der Waals surface area contributed by atoms with Gasteiger partial charge < -0.3 is 126 Å². The molecular weight excluding hydrogens is 1780 g/mol. The predicted molar refractivity (Wildman–Crippen MR) is 489 cm³/mol. The summed E-state index contributed by atoms with van der Waals surface area (Å²) in [5, 5.41) is 103. The summed E-state index contributed by atoms with van der Waals surface area (Å²) in [5.41, 5.74) is 13.0. The van der Waals surface area contributed by atoms with Gasteiger partial charge in [-0.1, -0.05) is 82.1 Å². The minimum absolute atomic E-state index is 0.0122. The number of benzene rings is 2. The van der Waals surface area contributed by atoms with Crippen molar-refractivity contribution in [1.82, 2.24) is 114 Å². The van der Waals surface area contributed by atoms with Crippen molar-refractivity contribution in [3.8, 4) is 0 Å². The molecule has 49 heteroatoms. The molecule has 0 unspecified atom stereocenters. The summed E-state index contributed by atoms with van der Waals surface area (Å²) in [6.45, 7) is 1.80. The Hall–Kier alpha value is -14.0. The highest BCUT2D eigenvalue weighted by atomic mass is 16.4. The fraction of sp³-hybridized carbons (Fsp3) is 0.575. The smallest absolute Gasteiger partial charge is 0.317 e. The third-order valence-corrected chi connectivity index (χ3v) is 23.0. The van der Waals surface area contributed by atoms with Gasteiger partial charge in [-0.3, -0.25) is 117 Å². The number of guanidine groups is 2. The van der Waals surface area contributed by atoms with Gasteiger partial charge in [0.1, 0.15) is 66.5 Å². The zero-order chi connectivity index (χ0) is 99.5. The van der Waals surface area contributed by atoms with Crippen molar-refractivity contribution in [2.75, 3.05) is 111 Å². The molecule has 3 saturated heterocycles. The van der Waals surface area contributed by atoms with Crippen LogP contribution in [0.1, 0.15) is 134 Å². The first-order valence-electron chi connectivity index (χ1n) is 45.4.